The standard InChI is InChI=1S/C23H15BrClN3O4S/c1-31-21-12-14(10-15(13-26)23-27-19-4-2-3-5-20(19)28-23)11-18(24)22(21)32-33(29,30)17-8-6-16(25)7-9-17/h2-12H,1H3,(H,27,28)/b15-10+. The number of ether oxygens (including phenoxy) is 1. The molecule has 0 unspecified atom stereocenters. The summed E-state index contributed by atoms with van der Waals surface area (Å²) < 4.78 is 36.4. The molecular formula is C23H15BrClN3O4S. The molecule has 0 fully saturated rings. The van der Waals surface area contributed by atoms with Gasteiger partial charge in [0.25, 0.3) is 0 Å². The van der Waals surface area contributed by atoms with E-state index in [-0.39, 0.29) is 16.4 Å². The number of rotatable bonds is 6. The molecular weight excluding hydrogens is 530 g/mol. The maximum atomic E-state index is 12.7. The van der Waals surface area contributed by atoms with Gasteiger partial charge in [-0.25, -0.2) is 4.98 Å². The largest absolute Gasteiger partial charge is 0.493 e. The number of nitrogens with one attached hydrogen (secondary N) is 1. The van der Waals surface area contributed by atoms with Crippen LogP contribution in [-0.4, -0.2) is 25.5 Å². The number of aromatic nitrogens is 2. The molecule has 33 heavy (non-hydrogen) atoms. The topological polar surface area (TPSA) is 105 Å². The maximum Gasteiger partial charge on any atom is 0.339 e. The van der Waals surface area contributed by atoms with E-state index in [9.17, 15) is 13.7 Å². The van der Waals surface area contributed by atoms with E-state index in [0.29, 0.717) is 26.5 Å². The number of methoxy groups -OCH3 is 1. The highest BCUT2D eigenvalue weighted by Gasteiger charge is 2.22. The van der Waals surface area contributed by atoms with Gasteiger partial charge in [-0.3, -0.25) is 0 Å². The van der Waals surface area contributed by atoms with Crippen molar-refractivity contribution in [2.45, 2.75) is 4.90 Å². The van der Waals surface area contributed by atoms with Gasteiger partial charge in [0, 0.05) is 5.02 Å². The van der Waals surface area contributed by atoms with Crippen LogP contribution in [0, 0.1) is 11.3 Å². The van der Waals surface area contributed by atoms with Gasteiger partial charge in [-0.1, -0.05) is 23.7 Å². The molecule has 166 valence electrons. The number of nitriles is 1. The molecule has 3 aromatic carbocycles. The molecule has 0 saturated carbocycles. The Morgan fingerprint density at radius 2 is 1.91 bits per heavy atom. The fraction of sp³-hybridized carbons (Fsp3) is 0.0435. The molecule has 10 heteroatoms. The number of benzene rings is 3. The zero-order valence-electron chi connectivity index (χ0n) is 17.0. The van der Waals surface area contributed by atoms with Crippen LogP contribution < -0.4 is 8.92 Å². The van der Waals surface area contributed by atoms with Crippen molar-refractivity contribution in [1.82, 2.24) is 9.97 Å². The summed E-state index contributed by atoms with van der Waals surface area (Å²) in [7, 11) is -2.74. The van der Waals surface area contributed by atoms with Crippen molar-refractivity contribution in [2.75, 3.05) is 7.11 Å². The number of halogens is 2. The maximum absolute atomic E-state index is 12.7. The third kappa shape index (κ3) is 4.88. The second-order valence-electron chi connectivity index (χ2n) is 6.80. The molecule has 0 spiro atoms. The van der Waals surface area contributed by atoms with Gasteiger partial charge in [0.05, 0.1) is 28.2 Å². The van der Waals surface area contributed by atoms with Gasteiger partial charge in [0.2, 0.25) is 0 Å². The molecule has 0 aliphatic carbocycles. The van der Waals surface area contributed by atoms with Gasteiger partial charge >= 0.3 is 10.1 Å². The molecule has 1 N–H and O–H groups in total. The summed E-state index contributed by atoms with van der Waals surface area (Å²) in [5, 5.41) is 10.1. The molecule has 4 aromatic rings. The summed E-state index contributed by atoms with van der Waals surface area (Å²) in [5.41, 5.74) is 2.42. The van der Waals surface area contributed by atoms with Crippen LogP contribution in [-0.2, 0) is 10.1 Å². The zero-order valence-corrected chi connectivity index (χ0v) is 20.2. The number of imidazole rings is 1. The highest BCUT2D eigenvalue weighted by molar-refractivity contribution is 9.10. The Kier molecular flexibility index (Phi) is 6.42. The number of hydrogen-bond donors (Lipinski definition) is 1. The molecule has 0 atom stereocenters. The smallest absolute Gasteiger partial charge is 0.339 e. The molecule has 0 aliphatic rings. The molecule has 7 nitrogen and oxygen atoms in total. The summed E-state index contributed by atoms with van der Waals surface area (Å²) in [6.07, 6.45) is 1.61. The lowest BCUT2D eigenvalue weighted by atomic mass is 10.1. The van der Waals surface area contributed by atoms with E-state index in [0.717, 1.165) is 11.0 Å². The summed E-state index contributed by atoms with van der Waals surface area (Å²) in [4.78, 5) is 7.51. The number of aromatic amines is 1. The van der Waals surface area contributed by atoms with Crippen LogP contribution >= 0.6 is 27.5 Å². The third-order valence-corrected chi connectivity index (χ3v) is 6.70. The first-order valence-electron chi connectivity index (χ1n) is 9.45. The second-order valence-corrected chi connectivity index (χ2v) is 9.63. The van der Waals surface area contributed by atoms with Crippen molar-refractivity contribution in [1.29, 1.82) is 5.26 Å². The lowest BCUT2D eigenvalue weighted by Gasteiger charge is -2.13. The van der Waals surface area contributed by atoms with E-state index < -0.39 is 10.1 Å². The fourth-order valence-corrected chi connectivity index (χ4v) is 4.79. The molecule has 1 aromatic heterocycles. The van der Waals surface area contributed by atoms with Crippen LogP contribution in [0.3, 0.4) is 0 Å². The average Bonchev–Trinajstić information content (AvgIpc) is 3.23. The van der Waals surface area contributed by atoms with Crippen molar-refractivity contribution in [3.8, 4) is 17.6 Å². The number of hydrogen-bond acceptors (Lipinski definition) is 6. The van der Waals surface area contributed by atoms with Crippen molar-refractivity contribution >= 4 is 60.3 Å². The first-order chi connectivity index (χ1) is 15.8. The van der Waals surface area contributed by atoms with Gasteiger partial charge in [-0.15, -0.1) is 0 Å². The van der Waals surface area contributed by atoms with E-state index in [4.69, 9.17) is 20.5 Å². The van der Waals surface area contributed by atoms with Gasteiger partial charge in [0.15, 0.2) is 11.5 Å². The second kappa shape index (κ2) is 9.27. The summed E-state index contributed by atoms with van der Waals surface area (Å²) in [6, 6.07) is 18.4. The molecule has 0 bridgehead atoms. The van der Waals surface area contributed by atoms with Crippen LogP contribution in [0.25, 0.3) is 22.7 Å². The fourth-order valence-electron chi connectivity index (χ4n) is 3.06. The third-order valence-electron chi connectivity index (χ3n) is 4.62. The minimum Gasteiger partial charge on any atom is -0.493 e. The van der Waals surface area contributed by atoms with E-state index in [2.05, 4.69) is 32.0 Å². The average molecular weight is 545 g/mol. The van der Waals surface area contributed by atoms with E-state index in [1.807, 2.05) is 24.3 Å². The number of fused-ring (bicyclic) bond motifs is 1. The first-order valence-corrected chi connectivity index (χ1v) is 12.0. The number of para-hydroxylation sites is 2. The number of H-pyrrole nitrogens is 1. The number of nitrogens with zero attached hydrogens (tertiary/aromatic N) is 2. The highest BCUT2D eigenvalue weighted by atomic mass is 79.9. The Hall–Kier alpha value is -3.32. The summed E-state index contributed by atoms with van der Waals surface area (Å²) >= 11 is 9.18. The SMILES string of the molecule is COc1cc(/C=C(\C#N)c2nc3ccccc3[nH]2)cc(Br)c1OS(=O)(=O)c1ccc(Cl)cc1. The Bertz CT molecular complexity index is 1490. The normalized spacial score (nSPS) is 11.9. The van der Waals surface area contributed by atoms with E-state index in [1.165, 1.54) is 31.4 Å². The van der Waals surface area contributed by atoms with Crippen LogP contribution in [0.1, 0.15) is 11.4 Å². The predicted octanol–water partition coefficient (Wildman–Crippen LogP) is 5.82. The van der Waals surface area contributed by atoms with Crippen LogP contribution in [0.4, 0.5) is 0 Å². The van der Waals surface area contributed by atoms with E-state index in [1.54, 1.807) is 18.2 Å². The van der Waals surface area contributed by atoms with Crippen molar-refractivity contribution in [3.05, 3.63) is 81.5 Å². The van der Waals surface area contributed by atoms with Crippen molar-refractivity contribution < 1.29 is 17.3 Å². The Morgan fingerprint density at radius 1 is 1.18 bits per heavy atom. The van der Waals surface area contributed by atoms with Gasteiger partial charge in [0.1, 0.15) is 16.8 Å². The Balaban J connectivity index is 1.71. The van der Waals surface area contributed by atoms with Crippen molar-refractivity contribution in [2.24, 2.45) is 0 Å². The first kappa shape index (κ1) is 22.9. The molecule has 4 rings (SSSR count). The van der Waals surface area contributed by atoms with Crippen LogP contribution in [0.5, 0.6) is 11.5 Å². The summed E-state index contributed by atoms with van der Waals surface area (Å²) in [5.74, 6) is 0.557. The lowest BCUT2D eigenvalue weighted by Crippen LogP contribution is -2.11. The zero-order chi connectivity index (χ0) is 23.6. The van der Waals surface area contributed by atoms with Crippen LogP contribution in [0.2, 0.25) is 5.02 Å². The molecule has 0 saturated heterocycles. The van der Waals surface area contributed by atoms with E-state index >= 15 is 0 Å². The molecule has 0 radical (unpaired) electrons. The molecule has 0 aliphatic heterocycles. The monoisotopic (exact) mass is 543 g/mol. The van der Waals surface area contributed by atoms with Gasteiger partial charge in [-0.2, -0.15) is 13.7 Å². The minimum atomic E-state index is -4.13. The lowest BCUT2D eigenvalue weighted by molar-refractivity contribution is 0.389. The highest BCUT2D eigenvalue weighted by Crippen LogP contribution is 2.39. The Labute approximate surface area is 203 Å². The Morgan fingerprint density at radius 3 is 2.58 bits per heavy atom. The summed E-state index contributed by atoms with van der Waals surface area (Å²) in [6.45, 7) is 0. The minimum absolute atomic E-state index is 0.0214. The molecule has 1 heterocycles. The van der Waals surface area contributed by atoms with Crippen molar-refractivity contribution in [3.63, 3.8) is 0 Å². The number of allylic oxidation sites excluding steroid dienone is 1. The van der Waals surface area contributed by atoms with Gasteiger partial charge in [-0.05, 0) is 76.1 Å². The van der Waals surface area contributed by atoms with Crippen LogP contribution in [0.15, 0.2) is 70.0 Å². The predicted molar refractivity (Wildman–Crippen MR) is 130 cm³/mol. The molecule has 0 amide bonds. The quantitative estimate of drug-likeness (QED) is 0.242. The van der Waals surface area contributed by atoms with Gasteiger partial charge < -0.3 is 13.9 Å².